The van der Waals surface area contributed by atoms with Crippen molar-refractivity contribution in [2.75, 3.05) is 38.1 Å². The average molecular weight is 531 g/mol. The molecule has 9 heteroatoms. The number of amides is 1. The molecule has 1 fully saturated rings. The largest absolute Gasteiger partial charge is 0.355 e. The summed E-state index contributed by atoms with van der Waals surface area (Å²) < 4.78 is 1.86. The number of aryl methyl sites for hydroxylation is 1. The number of H-pyrrole nitrogens is 1. The number of fused-ring (bicyclic) bond motifs is 2. The first-order valence-electron chi connectivity index (χ1n) is 14.1. The SMILES string of the molecule is Cc1c(-c2[nH]c3ccc(N4CC[C@@H](C)N(C(=O)CN(C)C(C)C)CC4)nc3c2C(C)C)cn2ncnc2c1C. The minimum Gasteiger partial charge on any atom is -0.355 e. The van der Waals surface area contributed by atoms with Crippen molar-refractivity contribution in [1.82, 2.24) is 34.4 Å². The van der Waals surface area contributed by atoms with Crippen molar-refractivity contribution < 1.29 is 4.79 Å². The summed E-state index contributed by atoms with van der Waals surface area (Å²) in [7, 11) is 2.01. The van der Waals surface area contributed by atoms with E-state index in [0.717, 1.165) is 58.8 Å². The Morgan fingerprint density at radius 2 is 1.90 bits per heavy atom. The molecule has 0 unspecified atom stereocenters. The second-order valence-electron chi connectivity index (χ2n) is 11.7. The molecule has 0 bridgehead atoms. The predicted octanol–water partition coefficient (Wildman–Crippen LogP) is 4.78. The number of anilines is 1. The number of nitrogens with one attached hydrogen (secondary N) is 1. The molecule has 0 aromatic carbocycles. The molecular formula is C30H42N8O. The Morgan fingerprint density at radius 3 is 2.62 bits per heavy atom. The molecule has 5 heterocycles. The van der Waals surface area contributed by atoms with Crippen LogP contribution in [0.5, 0.6) is 0 Å². The minimum atomic E-state index is 0.204. The highest BCUT2D eigenvalue weighted by atomic mass is 16.2. The van der Waals surface area contributed by atoms with E-state index in [-0.39, 0.29) is 17.9 Å². The van der Waals surface area contributed by atoms with E-state index in [2.05, 4.69) is 96.6 Å². The summed E-state index contributed by atoms with van der Waals surface area (Å²) in [4.78, 5) is 32.9. The summed E-state index contributed by atoms with van der Waals surface area (Å²) in [6.45, 7) is 17.9. The van der Waals surface area contributed by atoms with Crippen LogP contribution in [0.2, 0.25) is 0 Å². The van der Waals surface area contributed by atoms with Crippen LogP contribution in [0.15, 0.2) is 24.7 Å². The summed E-state index contributed by atoms with van der Waals surface area (Å²) in [6, 6.07) is 4.81. The summed E-state index contributed by atoms with van der Waals surface area (Å²) in [5.41, 5.74) is 8.68. The van der Waals surface area contributed by atoms with Gasteiger partial charge in [0, 0.05) is 49.0 Å². The van der Waals surface area contributed by atoms with E-state index in [9.17, 15) is 4.79 Å². The van der Waals surface area contributed by atoms with Crippen LogP contribution < -0.4 is 4.90 Å². The third-order valence-electron chi connectivity index (χ3n) is 8.51. The third-order valence-corrected chi connectivity index (χ3v) is 8.51. The van der Waals surface area contributed by atoms with E-state index in [1.54, 1.807) is 6.33 Å². The van der Waals surface area contributed by atoms with Gasteiger partial charge in [-0.05, 0) is 77.3 Å². The Morgan fingerprint density at radius 1 is 1.13 bits per heavy atom. The van der Waals surface area contributed by atoms with Gasteiger partial charge in [0.2, 0.25) is 5.91 Å². The lowest BCUT2D eigenvalue weighted by atomic mass is 9.95. The molecule has 0 saturated carbocycles. The number of hydrogen-bond acceptors (Lipinski definition) is 6. The molecule has 39 heavy (non-hydrogen) atoms. The Hall–Kier alpha value is -3.46. The van der Waals surface area contributed by atoms with Crippen LogP contribution in [-0.2, 0) is 4.79 Å². The summed E-state index contributed by atoms with van der Waals surface area (Å²) in [6.07, 6.45) is 4.59. The van der Waals surface area contributed by atoms with Crippen molar-refractivity contribution in [2.45, 2.75) is 72.9 Å². The molecule has 1 aliphatic heterocycles. The zero-order valence-corrected chi connectivity index (χ0v) is 24.6. The fraction of sp³-hybridized carbons (Fsp3) is 0.533. The zero-order chi connectivity index (χ0) is 28.0. The maximum Gasteiger partial charge on any atom is 0.237 e. The molecule has 1 saturated heterocycles. The number of nitrogens with zero attached hydrogens (tertiary/aromatic N) is 7. The van der Waals surface area contributed by atoms with Crippen molar-refractivity contribution in [3.63, 3.8) is 0 Å². The first kappa shape index (κ1) is 27.1. The molecule has 4 aromatic heterocycles. The van der Waals surface area contributed by atoms with Gasteiger partial charge in [-0.25, -0.2) is 14.5 Å². The van der Waals surface area contributed by atoms with Crippen molar-refractivity contribution in [3.05, 3.63) is 41.3 Å². The van der Waals surface area contributed by atoms with Crippen LogP contribution in [0.3, 0.4) is 0 Å². The van der Waals surface area contributed by atoms with Gasteiger partial charge in [0.05, 0.1) is 23.3 Å². The van der Waals surface area contributed by atoms with Gasteiger partial charge < -0.3 is 14.8 Å². The van der Waals surface area contributed by atoms with Crippen molar-refractivity contribution in [2.24, 2.45) is 0 Å². The molecule has 1 amide bonds. The van der Waals surface area contributed by atoms with E-state index < -0.39 is 0 Å². The zero-order valence-electron chi connectivity index (χ0n) is 24.6. The number of likely N-dealkylation sites (N-methyl/N-ethyl adjacent to an activating group) is 1. The predicted molar refractivity (Wildman–Crippen MR) is 157 cm³/mol. The first-order chi connectivity index (χ1) is 18.6. The third kappa shape index (κ3) is 5.00. The maximum atomic E-state index is 13.1. The normalized spacial score (nSPS) is 16.8. The van der Waals surface area contributed by atoms with Crippen LogP contribution in [0, 0.1) is 13.8 Å². The fourth-order valence-corrected chi connectivity index (χ4v) is 5.63. The lowest BCUT2D eigenvalue weighted by Crippen LogP contribution is -2.46. The van der Waals surface area contributed by atoms with Crippen LogP contribution in [0.1, 0.15) is 63.6 Å². The van der Waals surface area contributed by atoms with E-state index in [0.29, 0.717) is 19.1 Å². The summed E-state index contributed by atoms with van der Waals surface area (Å²) >= 11 is 0. The van der Waals surface area contributed by atoms with Gasteiger partial charge in [0.25, 0.3) is 0 Å². The number of hydrogen-bond donors (Lipinski definition) is 1. The molecule has 0 aliphatic carbocycles. The smallest absolute Gasteiger partial charge is 0.237 e. The number of aromatic nitrogens is 5. The van der Waals surface area contributed by atoms with E-state index in [4.69, 9.17) is 4.98 Å². The Kier molecular flexibility index (Phi) is 7.37. The van der Waals surface area contributed by atoms with Gasteiger partial charge in [-0.1, -0.05) is 13.8 Å². The molecule has 4 aromatic rings. The second kappa shape index (κ2) is 10.6. The van der Waals surface area contributed by atoms with Crippen molar-refractivity contribution in [1.29, 1.82) is 0 Å². The monoisotopic (exact) mass is 530 g/mol. The van der Waals surface area contributed by atoms with Gasteiger partial charge in [0.15, 0.2) is 5.65 Å². The molecule has 5 rings (SSSR count). The molecular weight excluding hydrogens is 488 g/mol. The molecule has 9 nitrogen and oxygen atoms in total. The minimum absolute atomic E-state index is 0.204. The van der Waals surface area contributed by atoms with Crippen LogP contribution in [0.25, 0.3) is 27.9 Å². The van der Waals surface area contributed by atoms with Gasteiger partial charge in [-0.2, -0.15) is 5.10 Å². The van der Waals surface area contributed by atoms with Crippen LogP contribution in [0.4, 0.5) is 5.82 Å². The first-order valence-corrected chi connectivity index (χ1v) is 14.1. The van der Waals surface area contributed by atoms with E-state index >= 15 is 0 Å². The van der Waals surface area contributed by atoms with Crippen LogP contribution >= 0.6 is 0 Å². The number of aromatic amines is 1. The highest BCUT2D eigenvalue weighted by Crippen LogP contribution is 2.38. The van der Waals surface area contributed by atoms with Gasteiger partial charge in [-0.3, -0.25) is 9.69 Å². The number of carbonyl (C=O) groups is 1. The standard InChI is InChI=1S/C30H42N8O/c1-18(2)27-28(23-15-38-30(31-17-32-38)22(7)21(23)6)33-24-9-10-25(34-29(24)27)36-12-11-20(5)37(14-13-36)26(39)16-35(8)19(3)4/h9-10,15,17-20,33H,11-14,16H2,1-8H3/t20-/m1/s1. The van der Waals surface area contributed by atoms with Gasteiger partial charge in [0.1, 0.15) is 12.1 Å². The van der Waals surface area contributed by atoms with Crippen molar-refractivity contribution >= 4 is 28.4 Å². The molecule has 1 atom stereocenters. The van der Waals surface area contributed by atoms with E-state index in [1.165, 1.54) is 11.1 Å². The Bertz CT molecular complexity index is 1500. The molecule has 0 radical (unpaired) electrons. The second-order valence-corrected chi connectivity index (χ2v) is 11.7. The van der Waals surface area contributed by atoms with Gasteiger partial charge in [-0.15, -0.1) is 0 Å². The lowest BCUT2D eigenvalue weighted by molar-refractivity contribution is -0.134. The molecule has 208 valence electrons. The number of carbonyl (C=O) groups excluding carboxylic acids is 1. The van der Waals surface area contributed by atoms with Crippen LogP contribution in [-0.4, -0.2) is 85.6 Å². The summed E-state index contributed by atoms with van der Waals surface area (Å²) in [5.74, 6) is 1.45. The quantitative estimate of drug-likeness (QED) is 0.386. The Balaban J connectivity index is 1.47. The Labute approximate surface area is 231 Å². The number of pyridine rings is 2. The highest BCUT2D eigenvalue weighted by Gasteiger charge is 2.27. The lowest BCUT2D eigenvalue weighted by Gasteiger charge is -2.30. The van der Waals surface area contributed by atoms with Gasteiger partial charge >= 0.3 is 0 Å². The fourth-order valence-electron chi connectivity index (χ4n) is 5.63. The van der Waals surface area contributed by atoms with Crippen molar-refractivity contribution in [3.8, 4) is 11.3 Å². The molecule has 0 spiro atoms. The average Bonchev–Trinajstić information content (AvgIpc) is 3.46. The maximum absolute atomic E-state index is 13.1. The molecule has 1 aliphatic rings. The number of rotatable bonds is 6. The molecule has 1 N–H and O–H groups in total. The highest BCUT2D eigenvalue weighted by molar-refractivity contribution is 5.90. The topological polar surface area (TPSA) is 85.7 Å². The van der Waals surface area contributed by atoms with E-state index in [1.807, 2.05) is 11.6 Å². The summed E-state index contributed by atoms with van der Waals surface area (Å²) in [5, 5.41) is 4.41.